The number of amides is 1. The fourth-order valence-electron chi connectivity index (χ4n) is 1.65. The molecule has 0 saturated heterocycles. The first kappa shape index (κ1) is 14.8. The van der Waals surface area contributed by atoms with Crippen LogP contribution in [0.4, 0.5) is 11.4 Å². The normalized spacial score (nSPS) is 10.3. The van der Waals surface area contributed by atoms with Gasteiger partial charge in [-0.15, -0.1) is 11.8 Å². The minimum atomic E-state index is -0.0850. The number of nitrogens with one attached hydrogen (secondary N) is 1. The van der Waals surface area contributed by atoms with Crippen LogP contribution in [0.1, 0.15) is 5.56 Å². The average molecular weight is 307 g/mol. The number of hydrogen-bond donors (Lipinski definition) is 2. The number of nitrogens with two attached hydrogens (primary N) is 1. The van der Waals surface area contributed by atoms with Crippen molar-refractivity contribution >= 4 is 40.6 Å². The number of thioether (sulfide) groups is 1. The number of carbonyl (C=O) groups excluding carboxylic acids is 1. The molecule has 0 unspecified atom stereocenters. The van der Waals surface area contributed by atoms with Gasteiger partial charge in [0, 0.05) is 16.3 Å². The number of rotatable bonds is 4. The summed E-state index contributed by atoms with van der Waals surface area (Å²) in [6.07, 6.45) is 0. The molecule has 3 N–H and O–H groups in total. The van der Waals surface area contributed by atoms with Crippen molar-refractivity contribution in [1.29, 1.82) is 0 Å². The summed E-state index contributed by atoms with van der Waals surface area (Å²) in [6.45, 7) is 2.00. The van der Waals surface area contributed by atoms with Crippen molar-refractivity contribution in [3.63, 3.8) is 0 Å². The van der Waals surface area contributed by atoms with Crippen LogP contribution in [0.3, 0.4) is 0 Å². The second-order valence-electron chi connectivity index (χ2n) is 4.36. The number of nitrogen functional groups attached to an aromatic ring is 1. The van der Waals surface area contributed by atoms with Crippen molar-refractivity contribution < 1.29 is 4.79 Å². The molecule has 2 rings (SSSR count). The van der Waals surface area contributed by atoms with Gasteiger partial charge in [-0.25, -0.2) is 0 Å². The maximum Gasteiger partial charge on any atom is 0.234 e. The van der Waals surface area contributed by atoms with Crippen molar-refractivity contribution in [3.8, 4) is 0 Å². The third-order valence-electron chi connectivity index (χ3n) is 2.68. The van der Waals surface area contributed by atoms with E-state index in [2.05, 4.69) is 5.32 Å². The Hall–Kier alpha value is -1.65. The number of aryl methyl sites for hydroxylation is 1. The molecule has 0 heterocycles. The fourth-order valence-corrected chi connectivity index (χ4v) is 2.78. The average Bonchev–Trinajstić information content (AvgIpc) is 2.41. The van der Waals surface area contributed by atoms with Crippen molar-refractivity contribution in [2.24, 2.45) is 0 Å². The van der Waals surface area contributed by atoms with Crippen LogP contribution in [-0.4, -0.2) is 11.7 Å². The zero-order chi connectivity index (χ0) is 14.5. The molecule has 104 valence electrons. The summed E-state index contributed by atoms with van der Waals surface area (Å²) in [7, 11) is 0. The van der Waals surface area contributed by atoms with Gasteiger partial charge in [0.1, 0.15) is 0 Å². The van der Waals surface area contributed by atoms with Gasteiger partial charge in [0.15, 0.2) is 0 Å². The zero-order valence-electron chi connectivity index (χ0n) is 11.0. The smallest absolute Gasteiger partial charge is 0.234 e. The summed E-state index contributed by atoms with van der Waals surface area (Å²) in [5, 5.41) is 3.40. The molecule has 3 nitrogen and oxygen atoms in total. The van der Waals surface area contributed by atoms with Crippen LogP contribution in [0.15, 0.2) is 47.4 Å². The lowest BCUT2D eigenvalue weighted by molar-refractivity contribution is -0.113. The number of benzene rings is 2. The van der Waals surface area contributed by atoms with Gasteiger partial charge in [-0.05, 0) is 31.2 Å². The molecule has 0 fully saturated rings. The van der Waals surface area contributed by atoms with Crippen molar-refractivity contribution in [1.82, 2.24) is 0 Å². The summed E-state index contributed by atoms with van der Waals surface area (Å²) in [5.41, 5.74) is 8.37. The summed E-state index contributed by atoms with van der Waals surface area (Å²) in [4.78, 5) is 12.6. The topological polar surface area (TPSA) is 55.1 Å². The highest BCUT2D eigenvalue weighted by molar-refractivity contribution is 8.00. The lowest BCUT2D eigenvalue weighted by Crippen LogP contribution is -2.14. The van der Waals surface area contributed by atoms with E-state index in [-0.39, 0.29) is 11.7 Å². The molecule has 0 atom stereocenters. The Morgan fingerprint density at radius 3 is 2.60 bits per heavy atom. The van der Waals surface area contributed by atoms with E-state index in [9.17, 15) is 4.79 Å². The summed E-state index contributed by atoms with van der Waals surface area (Å²) < 4.78 is 0. The van der Waals surface area contributed by atoms with Crippen molar-refractivity contribution in [3.05, 3.63) is 53.1 Å². The first-order valence-electron chi connectivity index (χ1n) is 6.09. The van der Waals surface area contributed by atoms with Crippen LogP contribution in [0.2, 0.25) is 5.02 Å². The monoisotopic (exact) mass is 306 g/mol. The van der Waals surface area contributed by atoms with Gasteiger partial charge in [-0.1, -0.05) is 35.4 Å². The lowest BCUT2D eigenvalue weighted by atomic mass is 10.2. The second-order valence-corrected chi connectivity index (χ2v) is 5.75. The first-order valence-corrected chi connectivity index (χ1v) is 7.46. The molecule has 0 radical (unpaired) electrons. The Kier molecular flexibility index (Phi) is 4.93. The lowest BCUT2D eigenvalue weighted by Gasteiger charge is -2.08. The predicted molar refractivity (Wildman–Crippen MR) is 86.4 cm³/mol. The van der Waals surface area contributed by atoms with Gasteiger partial charge in [0.2, 0.25) is 5.91 Å². The van der Waals surface area contributed by atoms with Gasteiger partial charge in [-0.2, -0.15) is 0 Å². The highest BCUT2D eigenvalue weighted by Gasteiger charge is 2.08. The van der Waals surface area contributed by atoms with Gasteiger partial charge in [0.05, 0.1) is 10.8 Å². The number of hydrogen-bond acceptors (Lipinski definition) is 3. The molecule has 2 aromatic rings. The quantitative estimate of drug-likeness (QED) is 0.664. The molecular formula is C15H15ClN2OS. The maximum absolute atomic E-state index is 11.9. The van der Waals surface area contributed by atoms with Crippen molar-refractivity contribution in [2.75, 3.05) is 16.8 Å². The van der Waals surface area contributed by atoms with Crippen LogP contribution >= 0.6 is 23.4 Å². The largest absolute Gasteiger partial charge is 0.398 e. The summed E-state index contributed by atoms with van der Waals surface area (Å²) in [6, 6.07) is 13.0. The van der Waals surface area contributed by atoms with E-state index in [1.807, 2.05) is 31.2 Å². The number of halogens is 1. The Balaban J connectivity index is 1.94. The van der Waals surface area contributed by atoms with E-state index in [4.69, 9.17) is 17.3 Å². The maximum atomic E-state index is 11.9. The third kappa shape index (κ3) is 3.92. The van der Waals surface area contributed by atoms with Crippen LogP contribution in [0, 0.1) is 6.92 Å². The van der Waals surface area contributed by atoms with E-state index in [1.54, 1.807) is 18.2 Å². The zero-order valence-corrected chi connectivity index (χ0v) is 12.6. The van der Waals surface area contributed by atoms with Gasteiger partial charge in [0.25, 0.3) is 0 Å². The Bertz CT molecular complexity index is 594. The van der Waals surface area contributed by atoms with E-state index in [0.29, 0.717) is 10.7 Å². The highest BCUT2D eigenvalue weighted by atomic mass is 35.5. The SMILES string of the molecule is Cc1ccc(NC(=O)CSc2c(N)cccc2Cl)cc1. The Morgan fingerprint density at radius 2 is 1.95 bits per heavy atom. The molecule has 0 bridgehead atoms. The first-order chi connectivity index (χ1) is 9.56. The van der Waals surface area contributed by atoms with Gasteiger partial charge in [-0.3, -0.25) is 4.79 Å². The van der Waals surface area contributed by atoms with Crippen LogP contribution in [0.25, 0.3) is 0 Å². The van der Waals surface area contributed by atoms with E-state index in [1.165, 1.54) is 11.8 Å². The van der Waals surface area contributed by atoms with Crippen molar-refractivity contribution in [2.45, 2.75) is 11.8 Å². The molecule has 0 aliphatic rings. The molecule has 0 aromatic heterocycles. The third-order valence-corrected chi connectivity index (χ3v) is 4.26. The summed E-state index contributed by atoms with van der Waals surface area (Å²) in [5.74, 6) is 0.181. The van der Waals surface area contributed by atoms with Gasteiger partial charge < -0.3 is 11.1 Å². The molecular weight excluding hydrogens is 292 g/mol. The van der Waals surface area contributed by atoms with Crippen LogP contribution in [0.5, 0.6) is 0 Å². The highest BCUT2D eigenvalue weighted by Crippen LogP contribution is 2.32. The van der Waals surface area contributed by atoms with E-state index < -0.39 is 0 Å². The fraction of sp³-hybridized carbons (Fsp3) is 0.133. The molecule has 0 aliphatic heterocycles. The number of carbonyl (C=O) groups is 1. The Labute approximate surface area is 127 Å². The molecule has 0 aliphatic carbocycles. The van der Waals surface area contributed by atoms with E-state index >= 15 is 0 Å². The minimum absolute atomic E-state index is 0.0850. The van der Waals surface area contributed by atoms with E-state index in [0.717, 1.165) is 16.1 Å². The summed E-state index contributed by atoms with van der Waals surface area (Å²) >= 11 is 7.39. The molecule has 2 aromatic carbocycles. The molecule has 1 amide bonds. The molecule has 20 heavy (non-hydrogen) atoms. The predicted octanol–water partition coefficient (Wildman–Crippen LogP) is 3.96. The number of anilines is 2. The van der Waals surface area contributed by atoms with Crippen LogP contribution in [-0.2, 0) is 4.79 Å². The molecule has 0 saturated carbocycles. The Morgan fingerprint density at radius 1 is 1.25 bits per heavy atom. The standard InChI is InChI=1S/C15H15ClN2OS/c1-10-5-7-11(8-6-10)18-14(19)9-20-15-12(16)3-2-4-13(15)17/h2-8H,9,17H2,1H3,(H,18,19). The molecule has 5 heteroatoms. The van der Waals surface area contributed by atoms with Gasteiger partial charge >= 0.3 is 0 Å². The minimum Gasteiger partial charge on any atom is -0.398 e. The second kappa shape index (κ2) is 6.68. The van der Waals surface area contributed by atoms with Crippen LogP contribution < -0.4 is 11.1 Å². The molecule has 0 spiro atoms.